The van der Waals surface area contributed by atoms with Gasteiger partial charge in [-0.1, -0.05) is 6.92 Å². The van der Waals surface area contributed by atoms with Crippen molar-refractivity contribution in [2.24, 2.45) is 0 Å². The maximum absolute atomic E-state index is 12.9. The molecule has 0 aromatic carbocycles. The Bertz CT molecular complexity index is 581. The molecule has 2 heterocycles. The summed E-state index contributed by atoms with van der Waals surface area (Å²) in [5.74, 6) is -1.03. The summed E-state index contributed by atoms with van der Waals surface area (Å²) in [6.07, 6.45) is 3.03. The Balaban J connectivity index is 2.19. The van der Waals surface area contributed by atoms with Crippen LogP contribution in [0.4, 0.5) is 15.8 Å². The van der Waals surface area contributed by atoms with Crippen molar-refractivity contribution in [1.29, 1.82) is 0 Å². The molecule has 2 rings (SSSR count). The van der Waals surface area contributed by atoms with Gasteiger partial charge in [0.25, 0.3) is 5.91 Å². The van der Waals surface area contributed by atoms with Crippen LogP contribution in [0.1, 0.15) is 23.1 Å². The van der Waals surface area contributed by atoms with Crippen molar-refractivity contribution in [2.75, 3.05) is 11.1 Å². The smallest absolute Gasteiger partial charge is 0.278 e. The zero-order valence-electron chi connectivity index (χ0n) is 9.70. The number of carbonyl (C=O) groups is 1. The van der Waals surface area contributed by atoms with E-state index in [1.54, 1.807) is 0 Å². The maximum atomic E-state index is 12.9. The SMILES string of the molecule is CCc1[nH]nc(C(=O)Nc2cncc(F)c2)c1N. The number of aromatic nitrogens is 3. The van der Waals surface area contributed by atoms with Crippen molar-refractivity contribution in [3.8, 4) is 0 Å². The number of nitrogens with one attached hydrogen (secondary N) is 2. The van der Waals surface area contributed by atoms with E-state index in [-0.39, 0.29) is 11.4 Å². The summed E-state index contributed by atoms with van der Waals surface area (Å²) >= 11 is 0. The number of halogens is 1. The molecule has 4 N–H and O–H groups in total. The number of amides is 1. The lowest BCUT2D eigenvalue weighted by Gasteiger charge is -2.03. The lowest BCUT2D eigenvalue weighted by Crippen LogP contribution is -2.14. The van der Waals surface area contributed by atoms with Gasteiger partial charge >= 0.3 is 0 Å². The van der Waals surface area contributed by atoms with Crippen molar-refractivity contribution >= 4 is 17.3 Å². The first-order valence-corrected chi connectivity index (χ1v) is 5.36. The van der Waals surface area contributed by atoms with Gasteiger partial charge in [-0.15, -0.1) is 0 Å². The fourth-order valence-corrected chi connectivity index (χ4v) is 1.50. The van der Waals surface area contributed by atoms with Crippen molar-refractivity contribution < 1.29 is 9.18 Å². The summed E-state index contributed by atoms with van der Waals surface area (Å²) in [6, 6.07) is 1.16. The molecule has 7 heteroatoms. The van der Waals surface area contributed by atoms with E-state index >= 15 is 0 Å². The first kappa shape index (κ1) is 12.0. The highest BCUT2D eigenvalue weighted by atomic mass is 19.1. The molecule has 0 unspecified atom stereocenters. The van der Waals surface area contributed by atoms with Gasteiger partial charge in [0.1, 0.15) is 5.82 Å². The number of anilines is 2. The summed E-state index contributed by atoms with van der Waals surface area (Å²) in [6.45, 7) is 1.89. The van der Waals surface area contributed by atoms with E-state index in [0.717, 1.165) is 12.3 Å². The summed E-state index contributed by atoms with van der Waals surface area (Å²) in [5.41, 5.74) is 7.10. The molecule has 0 atom stereocenters. The van der Waals surface area contributed by atoms with Crippen LogP contribution in [-0.4, -0.2) is 21.1 Å². The molecule has 2 aromatic rings. The third kappa shape index (κ3) is 2.29. The zero-order valence-corrected chi connectivity index (χ0v) is 9.70. The van der Waals surface area contributed by atoms with Gasteiger partial charge in [-0.3, -0.25) is 14.9 Å². The Morgan fingerprint density at radius 3 is 2.94 bits per heavy atom. The first-order valence-electron chi connectivity index (χ1n) is 5.36. The largest absolute Gasteiger partial charge is 0.395 e. The minimum absolute atomic E-state index is 0.0936. The molecule has 0 radical (unpaired) electrons. The molecule has 1 amide bonds. The minimum Gasteiger partial charge on any atom is -0.395 e. The number of hydrogen-bond acceptors (Lipinski definition) is 4. The number of hydrogen-bond donors (Lipinski definition) is 3. The number of nitrogens with zero attached hydrogens (tertiary/aromatic N) is 2. The molecule has 0 saturated heterocycles. The van der Waals surface area contributed by atoms with Gasteiger partial charge in [0, 0.05) is 6.07 Å². The average molecular weight is 249 g/mol. The average Bonchev–Trinajstić information content (AvgIpc) is 2.70. The summed E-state index contributed by atoms with van der Waals surface area (Å²) in [7, 11) is 0. The van der Waals surface area contributed by atoms with E-state index in [1.807, 2.05) is 6.92 Å². The summed E-state index contributed by atoms with van der Waals surface area (Å²) < 4.78 is 12.9. The molecular formula is C11H12FN5O. The Hall–Kier alpha value is -2.44. The number of rotatable bonds is 3. The number of nitrogen functional groups attached to an aromatic ring is 1. The molecule has 18 heavy (non-hydrogen) atoms. The Morgan fingerprint density at radius 2 is 2.33 bits per heavy atom. The molecule has 0 saturated carbocycles. The van der Waals surface area contributed by atoms with Gasteiger partial charge in [0.05, 0.1) is 29.5 Å². The monoisotopic (exact) mass is 249 g/mol. The number of carbonyl (C=O) groups excluding carboxylic acids is 1. The van der Waals surface area contributed by atoms with Crippen LogP contribution in [0, 0.1) is 5.82 Å². The fourth-order valence-electron chi connectivity index (χ4n) is 1.50. The molecule has 94 valence electrons. The van der Waals surface area contributed by atoms with Crippen molar-refractivity contribution in [2.45, 2.75) is 13.3 Å². The quantitative estimate of drug-likeness (QED) is 0.764. The third-order valence-electron chi connectivity index (χ3n) is 2.41. The van der Waals surface area contributed by atoms with Gasteiger partial charge < -0.3 is 11.1 Å². The van der Waals surface area contributed by atoms with Crippen LogP contribution in [0.3, 0.4) is 0 Å². The van der Waals surface area contributed by atoms with Gasteiger partial charge in [-0.25, -0.2) is 4.39 Å². The number of H-pyrrole nitrogens is 1. The first-order chi connectivity index (χ1) is 8.61. The van der Waals surface area contributed by atoms with Gasteiger partial charge in [0.2, 0.25) is 0 Å². The van der Waals surface area contributed by atoms with Gasteiger partial charge in [-0.2, -0.15) is 5.10 Å². The van der Waals surface area contributed by atoms with Crippen LogP contribution in [0.2, 0.25) is 0 Å². The second kappa shape index (κ2) is 4.82. The molecular weight excluding hydrogens is 237 g/mol. The predicted octanol–water partition coefficient (Wildman–Crippen LogP) is 1.34. The molecule has 0 spiro atoms. The Labute approximate surface area is 102 Å². The molecule has 0 aliphatic carbocycles. The van der Waals surface area contributed by atoms with E-state index in [1.165, 1.54) is 6.20 Å². The highest BCUT2D eigenvalue weighted by molar-refractivity contribution is 6.06. The van der Waals surface area contributed by atoms with E-state index in [2.05, 4.69) is 20.5 Å². The summed E-state index contributed by atoms with van der Waals surface area (Å²) in [4.78, 5) is 15.5. The van der Waals surface area contributed by atoms with E-state index < -0.39 is 11.7 Å². The van der Waals surface area contributed by atoms with E-state index in [4.69, 9.17) is 5.73 Å². The minimum atomic E-state index is -0.531. The lowest BCUT2D eigenvalue weighted by molar-refractivity contribution is 0.102. The normalized spacial score (nSPS) is 10.3. The molecule has 2 aromatic heterocycles. The van der Waals surface area contributed by atoms with Crippen LogP contribution in [0.5, 0.6) is 0 Å². The van der Waals surface area contributed by atoms with Crippen LogP contribution in [-0.2, 0) is 6.42 Å². The zero-order chi connectivity index (χ0) is 13.1. The molecule has 6 nitrogen and oxygen atoms in total. The van der Waals surface area contributed by atoms with E-state index in [9.17, 15) is 9.18 Å². The molecule has 0 bridgehead atoms. The molecule has 0 fully saturated rings. The number of aromatic amines is 1. The van der Waals surface area contributed by atoms with Crippen LogP contribution in [0.15, 0.2) is 18.5 Å². The second-order valence-corrected chi connectivity index (χ2v) is 3.66. The predicted molar refractivity (Wildman–Crippen MR) is 64.5 cm³/mol. The van der Waals surface area contributed by atoms with Crippen LogP contribution in [0.25, 0.3) is 0 Å². The number of nitrogens with two attached hydrogens (primary N) is 1. The van der Waals surface area contributed by atoms with Gasteiger partial charge in [-0.05, 0) is 6.42 Å². The Morgan fingerprint density at radius 1 is 1.56 bits per heavy atom. The van der Waals surface area contributed by atoms with Crippen molar-refractivity contribution in [3.63, 3.8) is 0 Å². The molecule has 0 aliphatic heterocycles. The highest BCUT2D eigenvalue weighted by Gasteiger charge is 2.16. The van der Waals surface area contributed by atoms with E-state index in [0.29, 0.717) is 17.8 Å². The lowest BCUT2D eigenvalue weighted by atomic mass is 10.2. The fraction of sp³-hybridized carbons (Fsp3) is 0.182. The number of pyridine rings is 1. The summed E-state index contributed by atoms with van der Waals surface area (Å²) in [5, 5.41) is 8.98. The third-order valence-corrected chi connectivity index (χ3v) is 2.41. The standard InChI is InChI=1S/C11H12FN5O/c1-2-8-9(13)10(17-16-8)11(18)15-7-3-6(12)4-14-5-7/h3-5H,2,13H2,1H3,(H,15,18)(H,16,17). The topological polar surface area (TPSA) is 96.7 Å². The van der Waals surface area contributed by atoms with Gasteiger partial charge in [0.15, 0.2) is 5.69 Å². The van der Waals surface area contributed by atoms with Crippen molar-refractivity contribution in [3.05, 3.63) is 35.7 Å². The number of aryl methyl sites for hydroxylation is 1. The highest BCUT2D eigenvalue weighted by Crippen LogP contribution is 2.16. The maximum Gasteiger partial charge on any atom is 0.278 e. The Kier molecular flexibility index (Phi) is 3.22. The van der Waals surface area contributed by atoms with Crippen molar-refractivity contribution in [1.82, 2.24) is 15.2 Å². The second-order valence-electron chi connectivity index (χ2n) is 3.66. The van der Waals surface area contributed by atoms with Crippen LogP contribution >= 0.6 is 0 Å². The van der Waals surface area contributed by atoms with Crippen LogP contribution < -0.4 is 11.1 Å². The molecule has 0 aliphatic rings.